The van der Waals surface area contributed by atoms with E-state index < -0.39 is 4.92 Å². The number of aromatic amines is 1. The Morgan fingerprint density at radius 1 is 1.18 bits per heavy atom. The van der Waals surface area contributed by atoms with Crippen molar-refractivity contribution < 1.29 is 9.72 Å². The lowest BCUT2D eigenvalue weighted by Gasteiger charge is -2.38. The van der Waals surface area contributed by atoms with E-state index in [4.69, 9.17) is 6.42 Å². The quantitative estimate of drug-likeness (QED) is 0.227. The van der Waals surface area contributed by atoms with Crippen LogP contribution in [0.5, 0.6) is 0 Å². The van der Waals surface area contributed by atoms with Gasteiger partial charge in [0.1, 0.15) is 5.82 Å². The van der Waals surface area contributed by atoms with Crippen molar-refractivity contribution in [2.75, 3.05) is 6.54 Å². The Kier molecular flexibility index (Phi) is 6.73. The van der Waals surface area contributed by atoms with Crippen molar-refractivity contribution >= 4 is 22.5 Å². The summed E-state index contributed by atoms with van der Waals surface area (Å²) in [5.74, 6) is 2.94. The van der Waals surface area contributed by atoms with Gasteiger partial charge in [0, 0.05) is 17.7 Å². The fraction of sp³-hybridized carbons (Fsp3) is 0.207. The van der Waals surface area contributed by atoms with Crippen LogP contribution in [0, 0.1) is 29.4 Å². The van der Waals surface area contributed by atoms with E-state index in [1.165, 1.54) is 12.1 Å². The fourth-order valence-electron chi connectivity index (χ4n) is 5.05. The van der Waals surface area contributed by atoms with Crippen LogP contribution in [0.2, 0.25) is 0 Å². The molecule has 38 heavy (non-hydrogen) atoms. The molecule has 1 aromatic heterocycles. The van der Waals surface area contributed by atoms with Crippen molar-refractivity contribution in [3.63, 3.8) is 0 Å². The van der Waals surface area contributed by atoms with Gasteiger partial charge in [-0.25, -0.2) is 4.98 Å². The number of amides is 1. The summed E-state index contributed by atoms with van der Waals surface area (Å²) in [6, 6.07) is 18.6. The third-order valence-electron chi connectivity index (χ3n) is 6.76. The first-order valence-electron chi connectivity index (χ1n) is 12.2. The average Bonchev–Trinajstić information content (AvgIpc) is 3.32. The lowest BCUT2D eigenvalue weighted by Crippen LogP contribution is -2.47. The molecule has 9 nitrogen and oxygen atoms in total. The number of nitrogens with zero attached hydrogens (tertiary/aromatic N) is 4. The molecular formula is C29H25N5O4. The Morgan fingerprint density at radius 2 is 1.97 bits per heavy atom. The molecule has 0 radical (unpaired) electrons. The van der Waals surface area contributed by atoms with Crippen LogP contribution in [0.15, 0.2) is 71.5 Å². The SMILES string of the molecule is C#CCN([C@@H]1CCc2cc3nc(C)[nH]c(=O)c3cc21)N(Cc1cccc([N+](=O)[O-])c1)C(=O)c1ccccc1. The zero-order valence-electron chi connectivity index (χ0n) is 20.8. The van der Waals surface area contributed by atoms with Crippen LogP contribution in [-0.2, 0) is 13.0 Å². The molecule has 0 saturated carbocycles. The van der Waals surface area contributed by atoms with Gasteiger partial charge in [0.05, 0.1) is 35.0 Å². The summed E-state index contributed by atoms with van der Waals surface area (Å²) >= 11 is 0. The highest BCUT2D eigenvalue weighted by atomic mass is 16.6. The van der Waals surface area contributed by atoms with E-state index in [9.17, 15) is 19.7 Å². The molecule has 0 saturated heterocycles. The maximum absolute atomic E-state index is 13.9. The zero-order valence-corrected chi connectivity index (χ0v) is 20.8. The second-order valence-electron chi connectivity index (χ2n) is 9.23. The van der Waals surface area contributed by atoms with Crippen molar-refractivity contribution in [1.82, 2.24) is 20.0 Å². The van der Waals surface area contributed by atoms with E-state index in [-0.39, 0.29) is 36.3 Å². The van der Waals surface area contributed by atoms with Crippen LogP contribution < -0.4 is 5.56 Å². The molecule has 0 fully saturated rings. The molecule has 1 aliphatic rings. The molecule has 4 aromatic rings. The molecule has 5 rings (SSSR count). The smallest absolute Gasteiger partial charge is 0.269 e. The molecule has 0 aliphatic heterocycles. The van der Waals surface area contributed by atoms with Crippen LogP contribution in [0.3, 0.4) is 0 Å². The van der Waals surface area contributed by atoms with E-state index in [0.29, 0.717) is 34.3 Å². The number of carbonyl (C=O) groups excluding carboxylic acids is 1. The number of carbonyl (C=O) groups is 1. The molecule has 0 bridgehead atoms. The molecule has 0 unspecified atom stereocenters. The minimum atomic E-state index is -0.461. The number of nitro benzene ring substituents is 1. The molecule has 9 heteroatoms. The van der Waals surface area contributed by atoms with Gasteiger partial charge in [-0.05, 0) is 60.7 Å². The third kappa shape index (κ3) is 4.77. The number of fused-ring (bicyclic) bond motifs is 2. The third-order valence-corrected chi connectivity index (χ3v) is 6.76. The Labute approximate surface area is 218 Å². The molecule has 1 atom stereocenters. The first-order chi connectivity index (χ1) is 18.4. The van der Waals surface area contributed by atoms with Gasteiger partial charge < -0.3 is 4.98 Å². The summed E-state index contributed by atoms with van der Waals surface area (Å²) in [5, 5.41) is 15.3. The number of nitrogens with one attached hydrogen (secondary N) is 1. The number of rotatable bonds is 7. The van der Waals surface area contributed by atoms with Crippen LogP contribution >= 0.6 is 0 Å². The van der Waals surface area contributed by atoms with Crippen LogP contribution in [0.4, 0.5) is 5.69 Å². The fourth-order valence-corrected chi connectivity index (χ4v) is 5.05. The number of nitro groups is 1. The number of aryl methyl sites for hydroxylation is 2. The Morgan fingerprint density at radius 3 is 2.71 bits per heavy atom. The van der Waals surface area contributed by atoms with Crippen molar-refractivity contribution in [3.05, 3.63) is 115 Å². The van der Waals surface area contributed by atoms with Gasteiger partial charge in [0.15, 0.2) is 0 Å². The number of benzene rings is 3. The van der Waals surface area contributed by atoms with E-state index in [1.807, 2.05) is 23.2 Å². The highest BCUT2D eigenvalue weighted by molar-refractivity contribution is 5.94. The number of hydrogen-bond donors (Lipinski definition) is 1. The molecule has 190 valence electrons. The molecule has 1 amide bonds. The predicted molar refractivity (Wildman–Crippen MR) is 143 cm³/mol. The average molecular weight is 508 g/mol. The number of non-ortho nitro benzene ring substituents is 1. The van der Waals surface area contributed by atoms with Gasteiger partial charge >= 0.3 is 0 Å². The van der Waals surface area contributed by atoms with Gasteiger partial charge in [-0.2, -0.15) is 5.01 Å². The van der Waals surface area contributed by atoms with Crippen LogP contribution in [0.25, 0.3) is 10.9 Å². The van der Waals surface area contributed by atoms with Gasteiger partial charge in [-0.1, -0.05) is 36.3 Å². The van der Waals surface area contributed by atoms with Gasteiger partial charge in [-0.3, -0.25) is 24.7 Å². The molecule has 1 aliphatic carbocycles. The van der Waals surface area contributed by atoms with Crippen LogP contribution in [-0.4, -0.2) is 37.4 Å². The first kappa shape index (κ1) is 24.9. The molecule has 3 aromatic carbocycles. The monoisotopic (exact) mass is 507 g/mol. The summed E-state index contributed by atoms with van der Waals surface area (Å²) in [7, 11) is 0. The zero-order chi connectivity index (χ0) is 26.8. The lowest BCUT2D eigenvalue weighted by molar-refractivity contribution is -0.384. The standard InChI is InChI=1S/C29H25N5O4/c1-3-14-32(27-13-12-22-16-26-25(17-24(22)27)28(35)31-19(2)30-26)33(29(36)21-9-5-4-6-10-21)18-20-8-7-11-23(15-20)34(37)38/h1,4-11,15-17,27H,12-14,18H2,2H3,(H,30,31,35)/t27-/m1/s1. The summed E-state index contributed by atoms with van der Waals surface area (Å²) in [5.41, 5.74) is 3.36. The number of aromatic nitrogens is 2. The van der Waals surface area contributed by atoms with Gasteiger partial charge in [0.2, 0.25) is 0 Å². The molecule has 1 N–H and O–H groups in total. The predicted octanol–water partition coefficient (Wildman–Crippen LogP) is 4.32. The van der Waals surface area contributed by atoms with Crippen LogP contribution in [0.1, 0.15) is 45.3 Å². The van der Waals surface area contributed by atoms with Gasteiger partial charge in [-0.15, -0.1) is 6.42 Å². The van der Waals surface area contributed by atoms with Gasteiger partial charge in [0.25, 0.3) is 17.2 Å². The number of H-pyrrole nitrogens is 1. The van der Waals surface area contributed by atoms with Crippen molar-refractivity contribution in [2.24, 2.45) is 0 Å². The van der Waals surface area contributed by atoms with Crippen molar-refractivity contribution in [3.8, 4) is 12.3 Å². The summed E-state index contributed by atoms with van der Waals surface area (Å²) in [6.07, 6.45) is 7.21. The Bertz CT molecular complexity index is 1640. The molecular weight excluding hydrogens is 482 g/mol. The largest absolute Gasteiger partial charge is 0.310 e. The summed E-state index contributed by atoms with van der Waals surface area (Å²) in [6.45, 7) is 1.95. The lowest BCUT2D eigenvalue weighted by atomic mass is 10.0. The first-order valence-corrected chi connectivity index (χ1v) is 12.2. The second-order valence-corrected chi connectivity index (χ2v) is 9.23. The normalized spacial score (nSPS) is 14.3. The number of terminal acetylenes is 1. The Hall–Kier alpha value is -4.81. The maximum atomic E-state index is 13.9. The minimum absolute atomic E-state index is 0.0576. The topological polar surface area (TPSA) is 112 Å². The van der Waals surface area contributed by atoms with E-state index in [0.717, 1.165) is 17.5 Å². The molecule has 1 heterocycles. The van der Waals surface area contributed by atoms with Crippen molar-refractivity contribution in [1.29, 1.82) is 0 Å². The Balaban J connectivity index is 1.60. The summed E-state index contributed by atoms with van der Waals surface area (Å²) in [4.78, 5) is 44.7. The van der Waals surface area contributed by atoms with Crippen molar-refractivity contribution in [2.45, 2.75) is 32.4 Å². The summed E-state index contributed by atoms with van der Waals surface area (Å²) < 4.78 is 0. The van der Waals surface area contributed by atoms with E-state index in [2.05, 4.69) is 15.9 Å². The number of hydrogen-bond acceptors (Lipinski definition) is 6. The minimum Gasteiger partial charge on any atom is -0.310 e. The molecule has 0 spiro atoms. The second kappa shape index (κ2) is 10.3. The highest BCUT2D eigenvalue weighted by Crippen LogP contribution is 2.38. The maximum Gasteiger partial charge on any atom is 0.269 e. The van der Waals surface area contributed by atoms with E-state index in [1.54, 1.807) is 48.3 Å². The highest BCUT2D eigenvalue weighted by Gasteiger charge is 2.34. The van der Waals surface area contributed by atoms with E-state index >= 15 is 0 Å². The number of hydrazine groups is 1.